The molecule has 124 valence electrons. The lowest BCUT2D eigenvalue weighted by Crippen LogP contribution is -2.39. The molecule has 0 fully saturated rings. The largest absolute Gasteiger partial charge is 0.463 e. The van der Waals surface area contributed by atoms with Crippen molar-refractivity contribution in [1.82, 2.24) is 14.9 Å². The van der Waals surface area contributed by atoms with Crippen molar-refractivity contribution in [3.05, 3.63) is 41.4 Å². The minimum Gasteiger partial charge on any atom is -0.463 e. The molecule has 1 aliphatic carbocycles. The van der Waals surface area contributed by atoms with Gasteiger partial charge in [-0.15, -0.1) is 0 Å². The Balaban J connectivity index is 1.58. The maximum atomic E-state index is 12.2. The van der Waals surface area contributed by atoms with E-state index in [2.05, 4.69) is 10.3 Å². The van der Waals surface area contributed by atoms with E-state index in [1.807, 2.05) is 11.5 Å². The Morgan fingerprint density at radius 1 is 1.43 bits per heavy atom. The van der Waals surface area contributed by atoms with E-state index < -0.39 is 5.60 Å². The number of carbonyl (C=O) groups excluding carboxylic acids is 1. The zero-order chi connectivity index (χ0) is 16.4. The first kappa shape index (κ1) is 15.8. The van der Waals surface area contributed by atoms with Crippen LogP contribution in [0.2, 0.25) is 0 Å². The van der Waals surface area contributed by atoms with Gasteiger partial charge in [0.15, 0.2) is 0 Å². The number of fused-ring (bicyclic) bond motifs is 1. The Morgan fingerprint density at radius 2 is 2.22 bits per heavy atom. The van der Waals surface area contributed by atoms with Crippen molar-refractivity contribution in [1.29, 1.82) is 0 Å². The lowest BCUT2D eigenvalue weighted by molar-refractivity contribution is -0.123. The first-order chi connectivity index (χ1) is 11.0. The molecule has 0 bridgehead atoms. The zero-order valence-electron chi connectivity index (χ0n) is 13.6. The maximum absolute atomic E-state index is 12.2. The smallest absolute Gasteiger partial charge is 0.240 e. The average molecular weight is 317 g/mol. The summed E-state index contributed by atoms with van der Waals surface area (Å²) >= 11 is 0. The molecule has 3 rings (SSSR count). The second-order valence-electron chi connectivity index (χ2n) is 6.43. The van der Waals surface area contributed by atoms with Crippen LogP contribution in [0.15, 0.2) is 22.9 Å². The number of hydrogen-bond donors (Lipinski definition) is 2. The molecule has 6 heteroatoms. The minimum atomic E-state index is -1.22. The summed E-state index contributed by atoms with van der Waals surface area (Å²) in [5.74, 6) is 1.05. The Bertz CT molecular complexity index is 700. The van der Waals surface area contributed by atoms with Crippen molar-refractivity contribution < 1.29 is 14.3 Å². The summed E-state index contributed by atoms with van der Waals surface area (Å²) < 4.78 is 7.36. The molecule has 1 aliphatic rings. The third kappa shape index (κ3) is 3.47. The van der Waals surface area contributed by atoms with Crippen LogP contribution in [0.4, 0.5) is 0 Å². The Morgan fingerprint density at radius 3 is 2.96 bits per heavy atom. The van der Waals surface area contributed by atoms with Crippen molar-refractivity contribution >= 4 is 5.91 Å². The molecule has 0 radical (unpaired) electrons. The fraction of sp³-hybridized carbons (Fsp3) is 0.529. The number of furan rings is 1. The highest BCUT2D eigenvalue weighted by atomic mass is 16.4. The summed E-state index contributed by atoms with van der Waals surface area (Å²) in [6, 6.07) is 3.52. The molecule has 2 aromatic rings. The third-order valence-electron chi connectivity index (χ3n) is 4.32. The van der Waals surface area contributed by atoms with Gasteiger partial charge >= 0.3 is 0 Å². The summed E-state index contributed by atoms with van der Waals surface area (Å²) in [6.45, 7) is 3.79. The van der Waals surface area contributed by atoms with Gasteiger partial charge in [0.1, 0.15) is 23.7 Å². The molecule has 23 heavy (non-hydrogen) atoms. The van der Waals surface area contributed by atoms with Crippen LogP contribution in [-0.2, 0) is 29.8 Å². The van der Waals surface area contributed by atoms with E-state index >= 15 is 0 Å². The van der Waals surface area contributed by atoms with Gasteiger partial charge in [-0.05, 0) is 51.7 Å². The van der Waals surface area contributed by atoms with Crippen LogP contribution in [0.1, 0.15) is 42.7 Å². The molecule has 2 N–H and O–H groups in total. The van der Waals surface area contributed by atoms with Gasteiger partial charge < -0.3 is 19.4 Å². The first-order valence-corrected chi connectivity index (χ1v) is 8.04. The van der Waals surface area contributed by atoms with Gasteiger partial charge in [-0.2, -0.15) is 0 Å². The summed E-state index contributed by atoms with van der Waals surface area (Å²) in [7, 11) is 0. The Kier molecular flexibility index (Phi) is 4.26. The average Bonchev–Trinajstić information content (AvgIpc) is 3.13. The van der Waals surface area contributed by atoms with E-state index in [4.69, 9.17) is 4.42 Å². The van der Waals surface area contributed by atoms with Crippen LogP contribution in [0.25, 0.3) is 0 Å². The van der Waals surface area contributed by atoms with Crippen molar-refractivity contribution in [2.75, 3.05) is 6.54 Å². The molecule has 0 saturated carbocycles. The number of aryl methyl sites for hydroxylation is 2. The highest BCUT2D eigenvalue weighted by molar-refractivity contribution is 5.75. The second-order valence-corrected chi connectivity index (χ2v) is 6.43. The molecule has 1 amide bonds. The molecule has 2 heterocycles. The van der Waals surface area contributed by atoms with Gasteiger partial charge in [0.05, 0.1) is 18.6 Å². The van der Waals surface area contributed by atoms with Gasteiger partial charge in [-0.3, -0.25) is 4.79 Å². The van der Waals surface area contributed by atoms with Gasteiger partial charge in [0.25, 0.3) is 0 Å². The predicted molar refractivity (Wildman–Crippen MR) is 84.9 cm³/mol. The Hall–Kier alpha value is -2.08. The van der Waals surface area contributed by atoms with Crippen LogP contribution in [0, 0.1) is 6.92 Å². The monoisotopic (exact) mass is 317 g/mol. The van der Waals surface area contributed by atoms with E-state index in [0.717, 1.165) is 30.7 Å². The van der Waals surface area contributed by atoms with E-state index in [1.165, 1.54) is 12.1 Å². The summed E-state index contributed by atoms with van der Waals surface area (Å²) in [5, 5.41) is 13.2. The van der Waals surface area contributed by atoms with Crippen molar-refractivity contribution in [3.63, 3.8) is 0 Å². The summed E-state index contributed by atoms with van der Waals surface area (Å²) in [4.78, 5) is 16.6. The van der Waals surface area contributed by atoms with E-state index in [1.54, 1.807) is 25.4 Å². The number of carbonyl (C=O) groups is 1. The van der Waals surface area contributed by atoms with Crippen LogP contribution in [0.5, 0.6) is 0 Å². The molecule has 0 saturated heterocycles. The van der Waals surface area contributed by atoms with Gasteiger partial charge in [0.2, 0.25) is 5.91 Å². The number of aliphatic hydroxyl groups is 1. The van der Waals surface area contributed by atoms with Crippen molar-refractivity contribution in [2.24, 2.45) is 0 Å². The molecule has 0 spiro atoms. The number of nitrogens with one attached hydrogen (secondary N) is 1. The first-order valence-electron chi connectivity index (χ1n) is 8.04. The van der Waals surface area contributed by atoms with Crippen molar-refractivity contribution in [3.8, 4) is 0 Å². The summed E-state index contributed by atoms with van der Waals surface area (Å²) in [6.07, 6.45) is 6.03. The number of rotatable bonds is 5. The van der Waals surface area contributed by atoms with Gasteiger partial charge in [-0.1, -0.05) is 0 Å². The molecular formula is C17H23N3O3. The van der Waals surface area contributed by atoms with E-state index in [-0.39, 0.29) is 19.0 Å². The standard InChI is InChI=1S/C17H23N3O3/c1-12-7-8-15(23-12)17(2,22)10-18-16(21)9-20-11-19-13-5-3-4-6-14(13)20/h7-8,11,22H,3-6,9-10H2,1-2H3,(H,18,21). The number of nitrogens with zero attached hydrogens (tertiary/aromatic N) is 2. The van der Waals surface area contributed by atoms with E-state index in [0.29, 0.717) is 5.76 Å². The molecule has 6 nitrogen and oxygen atoms in total. The fourth-order valence-corrected chi connectivity index (χ4v) is 2.96. The predicted octanol–water partition coefficient (Wildman–Crippen LogP) is 1.69. The number of amides is 1. The third-order valence-corrected chi connectivity index (χ3v) is 4.32. The van der Waals surface area contributed by atoms with Crippen LogP contribution in [-0.4, -0.2) is 27.1 Å². The lowest BCUT2D eigenvalue weighted by atomic mass is 10.0. The molecule has 0 aromatic carbocycles. The maximum Gasteiger partial charge on any atom is 0.240 e. The van der Waals surface area contributed by atoms with Crippen LogP contribution < -0.4 is 5.32 Å². The SMILES string of the molecule is Cc1ccc(C(C)(O)CNC(=O)Cn2cnc3c2CCCC3)o1. The Labute approximate surface area is 135 Å². The number of hydrogen-bond acceptors (Lipinski definition) is 4. The van der Waals surface area contributed by atoms with E-state index in [9.17, 15) is 9.90 Å². The van der Waals surface area contributed by atoms with Gasteiger partial charge in [0, 0.05) is 5.69 Å². The minimum absolute atomic E-state index is 0.107. The molecule has 2 aromatic heterocycles. The zero-order valence-corrected chi connectivity index (χ0v) is 13.6. The molecular weight excluding hydrogens is 294 g/mol. The quantitative estimate of drug-likeness (QED) is 0.879. The second kappa shape index (κ2) is 6.20. The van der Waals surface area contributed by atoms with Crippen molar-refractivity contribution in [2.45, 2.75) is 51.7 Å². The highest BCUT2D eigenvalue weighted by Crippen LogP contribution is 2.22. The van der Waals surface area contributed by atoms with Crippen LogP contribution >= 0.6 is 0 Å². The number of imidazole rings is 1. The molecule has 1 atom stereocenters. The highest BCUT2D eigenvalue weighted by Gasteiger charge is 2.27. The lowest BCUT2D eigenvalue weighted by Gasteiger charge is -2.21. The number of aromatic nitrogens is 2. The summed E-state index contributed by atoms with van der Waals surface area (Å²) in [5.41, 5.74) is 1.06. The molecule has 0 aliphatic heterocycles. The molecule has 1 unspecified atom stereocenters. The fourth-order valence-electron chi connectivity index (χ4n) is 2.96. The van der Waals surface area contributed by atoms with Gasteiger partial charge in [-0.25, -0.2) is 4.98 Å². The topological polar surface area (TPSA) is 80.3 Å². The van der Waals surface area contributed by atoms with Crippen LogP contribution in [0.3, 0.4) is 0 Å². The normalized spacial score (nSPS) is 16.7.